The number of furan rings is 1. The highest BCUT2D eigenvalue weighted by Crippen LogP contribution is 2.43. The maximum atomic E-state index is 8.81. The van der Waals surface area contributed by atoms with Gasteiger partial charge < -0.3 is 4.42 Å². The number of nitrogens with zero attached hydrogens (tertiary/aromatic N) is 2. The Hall–Kier alpha value is -4.63. The monoisotopic (exact) mass is 621 g/mol. The molecule has 0 aliphatic heterocycles. The Balaban J connectivity index is 1.53. The highest BCUT2D eigenvalue weighted by molar-refractivity contribution is 6.09. The van der Waals surface area contributed by atoms with Gasteiger partial charge >= 0.3 is 0 Å². The van der Waals surface area contributed by atoms with Gasteiger partial charge in [-0.15, -0.1) is 0 Å². The third-order valence-corrected chi connectivity index (χ3v) is 9.37. The fourth-order valence-corrected chi connectivity index (χ4v) is 7.15. The summed E-state index contributed by atoms with van der Waals surface area (Å²) in [5, 5.41) is 2.25. The van der Waals surface area contributed by atoms with E-state index in [2.05, 4.69) is 130 Å². The number of aromatic nitrogens is 2. The van der Waals surface area contributed by atoms with Crippen LogP contribution in [0.15, 0.2) is 101 Å². The van der Waals surface area contributed by atoms with Crippen molar-refractivity contribution in [3.05, 3.63) is 119 Å². The molecule has 0 aliphatic carbocycles. The normalized spacial score (nSPS) is 13.3. The van der Waals surface area contributed by atoms with E-state index in [1.165, 1.54) is 16.8 Å². The molecule has 0 fully saturated rings. The van der Waals surface area contributed by atoms with Crippen LogP contribution in [0.25, 0.3) is 61.2 Å². The first-order chi connectivity index (χ1) is 23.2. The number of benzene rings is 5. The van der Waals surface area contributed by atoms with Crippen LogP contribution in [-0.4, -0.2) is 4.57 Å². The van der Waals surface area contributed by atoms with Crippen LogP contribution in [0.2, 0.25) is 0 Å². The van der Waals surface area contributed by atoms with E-state index < -0.39 is 11.8 Å². The second kappa shape index (κ2) is 11.6. The quantitative estimate of drug-likeness (QED) is 0.169. The summed E-state index contributed by atoms with van der Waals surface area (Å²) in [4.78, 5) is 0. The standard InChI is InChI=1S/C44H47N2O/c1-27(2)35-24-32(31-21-19-30(20-22-31)26-44(6,7)8)25-36(28(3)4)41(35)46-38-16-12-11-15-37(38)45(9)43(46)40-29(5)18-23-34-33-14-10-13-17-39(33)47-42(34)40/h10-25,27-28H,26H2,1-9H3/q+1/i26D2. The van der Waals surface area contributed by atoms with E-state index in [0.717, 1.165) is 61.1 Å². The van der Waals surface area contributed by atoms with Crippen LogP contribution in [0, 0.1) is 12.3 Å². The van der Waals surface area contributed by atoms with E-state index in [1.807, 2.05) is 39.0 Å². The summed E-state index contributed by atoms with van der Waals surface area (Å²) in [6, 6.07) is 34.2. The summed E-state index contributed by atoms with van der Waals surface area (Å²) in [5.74, 6) is 1.57. The molecule has 0 radical (unpaired) electrons. The van der Waals surface area contributed by atoms with Crippen LogP contribution in [0.4, 0.5) is 0 Å². The van der Waals surface area contributed by atoms with Gasteiger partial charge in [0, 0.05) is 24.6 Å². The summed E-state index contributed by atoms with van der Waals surface area (Å²) in [5.41, 5.74) is 12.6. The number of rotatable bonds is 6. The molecule has 2 heterocycles. The molecule has 0 bridgehead atoms. The zero-order valence-corrected chi connectivity index (χ0v) is 29.2. The molecule has 238 valence electrons. The van der Waals surface area contributed by atoms with E-state index in [4.69, 9.17) is 7.16 Å². The molecule has 0 amide bonds. The molecule has 0 spiro atoms. The lowest BCUT2D eigenvalue weighted by atomic mass is 9.86. The number of hydrogen-bond donors (Lipinski definition) is 0. The van der Waals surface area contributed by atoms with E-state index >= 15 is 0 Å². The molecule has 2 aromatic heterocycles. The Bertz CT molecular complexity index is 2340. The predicted molar refractivity (Wildman–Crippen MR) is 199 cm³/mol. The van der Waals surface area contributed by atoms with Crippen molar-refractivity contribution in [3.63, 3.8) is 0 Å². The number of para-hydroxylation sites is 3. The Kier molecular flexibility index (Phi) is 7.03. The summed E-state index contributed by atoms with van der Waals surface area (Å²) in [6.45, 7) is 17.2. The molecule has 0 atom stereocenters. The van der Waals surface area contributed by atoms with Crippen LogP contribution in [-0.2, 0) is 13.4 Å². The molecule has 3 heteroatoms. The van der Waals surface area contributed by atoms with Crippen molar-refractivity contribution in [1.82, 2.24) is 4.57 Å². The van der Waals surface area contributed by atoms with Gasteiger partial charge in [-0.3, -0.25) is 0 Å². The zero-order chi connectivity index (χ0) is 35.0. The van der Waals surface area contributed by atoms with Crippen molar-refractivity contribution < 1.29 is 11.7 Å². The molecular formula is C44H47N2O+. The second-order valence-electron chi connectivity index (χ2n) is 14.7. The average molecular weight is 622 g/mol. The van der Waals surface area contributed by atoms with Crippen molar-refractivity contribution in [3.8, 4) is 28.2 Å². The second-order valence-corrected chi connectivity index (χ2v) is 14.7. The summed E-state index contributed by atoms with van der Waals surface area (Å²) < 4.78 is 29.1. The third-order valence-electron chi connectivity index (χ3n) is 9.37. The molecule has 5 aromatic carbocycles. The highest BCUT2D eigenvalue weighted by Gasteiger charge is 2.34. The topological polar surface area (TPSA) is 21.9 Å². The van der Waals surface area contributed by atoms with Crippen molar-refractivity contribution in [1.29, 1.82) is 0 Å². The molecule has 0 unspecified atom stereocenters. The minimum absolute atomic E-state index is 0.240. The maximum absolute atomic E-state index is 8.81. The average Bonchev–Trinajstić information content (AvgIpc) is 3.58. The Labute approximate surface area is 282 Å². The van der Waals surface area contributed by atoms with Gasteiger partial charge in [-0.1, -0.05) is 115 Å². The molecule has 0 saturated heterocycles. The fraction of sp³-hybridized carbons (Fsp3) is 0.295. The van der Waals surface area contributed by atoms with E-state index in [1.54, 1.807) is 0 Å². The van der Waals surface area contributed by atoms with Crippen molar-refractivity contribution in [2.75, 3.05) is 0 Å². The fourth-order valence-electron chi connectivity index (χ4n) is 7.15. The van der Waals surface area contributed by atoms with E-state index in [9.17, 15) is 0 Å². The first-order valence-corrected chi connectivity index (χ1v) is 16.9. The van der Waals surface area contributed by atoms with Crippen molar-refractivity contribution in [2.24, 2.45) is 12.5 Å². The number of hydrogen-bond acceptors (Lipinski definition) is 1. The van der Waals surface area contributed by atoms with Gasteiger partial charge in [-0.05, 0) is 83.1 Å². The zero-order valence-electron chi connectivity index (χ0n) is 31.2. The van der Waals surface area contributed by atoms with E-state index in [-0.39, 0.29) is 11.8 Å². The van der Waals surface area contributed by atoms with Gasteiger partial charge in [-0.25, -0.2) is 4.57 Å². The number of imidazole rings is 1. The number of aryl methyl sites for hydroxylation is 2. The minimum atomic E-state index is -1.44. The molecule has 0 N–H and O–H groups in total. The lowest BCUT2D eigenvalue weighted by Gasteiger charge is -2.21. The van der Waals surface area contributed by atoms with E-state index in [0.29, 0.717) is 5.56 Å². The molecule has 3 nitrogen and oxygen atoms in total. The largest absolute Gasteiger partial charge is 0.455 e. The lowest BCUT2D eigenvalue weighted by molar-refractivity contribution is -0.633. The SMILES string of the molecule is [2H]C([2H])(c1ccc(-c2cc(C(C)C)c(-n3c(-c4c(C)ccc5c4oc4ccccc45)[n+](C)c4ccccc43)c(C(C)C)c2)cc1)C(C)(C)C. The third kappa shape index (κ3) is 5.36. The first-order valence-electron chi connectivity index (χ1n) is 17.9. The molecular weight excluding hydrogens is 572 g/mol. The van der Waals surface area contributed by atoms with Gasteiger partial charge in [-0.2, -0.15) is 4.57 Å². The van der Waals surface area contributed by atoms with Crippen LogP contribution in [0.5, 0.6) is 0 Å². The van der Waals surface area contributed by atoms with Gasteiger partial charge in [0.05, 0.1) is 7.05 Å². The van der Waals surface area contributed by atoms with Crippen molar-refractivity contribution >= 4 is 33.0 Å². The first kappa shape index (κ1) is 28.6. The Morgan fingerprint density at radius 1 is 0.766 bits per heavy atom. The van der Waals surface area contributed by atoms with Crippen LogP contribution >= 0.6 is 0 Å². The Morgan fingerprint density at radius 3 is 2.06 bits per heavy atom. The Morgan fingerprint density at radius 2 is 1.40 bits per heavy atom. The number of fused-ring (bicyclic) bond motifs is 4. The van der Waals surface area contributed by atoms with Crippen molar-refractivity contribution in [2.45, 2.75) is 73.6 Å². The summed E-state index contributed by atoms with van der Waals surface area (Å²) in [6.07, 6.45) is -1.44. The van der Waals surface area contributed by atoms with Crippen LogP contribution in [0.1, 0.15) is 85.3 Å². The summed E-state index contributed by atoms with van der Waals surface area (Å²) in [7, 11) is 2.17. The lowest BCUT2D eigenvalue weighted by Crippen LogP contribution is -2.30. The molecule has 47 heavy (non-hydrogen) atoms. The molecule has 0 aliphatic rings. The van der Waals surface area contributed by atoms with Gasteiger partial charge in [0.2, 0.25) is 0 Å². The predicted octanol–water partition coefficient (Wildman–Crippen LogP) is 11.8. The van der Waals surface area contributed by atoms with Crippen LogP contribution in [0.3, 0.4) is 0 Å². The smallest absolute Gasteiger partial charge is 0.299 e. The maximum Gasteiger partial charge on any atom is 0.299 e. The van der Waals surface area contributed by atoms with Gasteiger partial charge in [0.15, 0.2) is 16.6 Å². The summed E-state index contributed by atoms with van der Waals surface area (Å²) >= 11 is 0. The van der Waals surface area contributed by atoms with Gasteiger partial charge in [0.1, 0.15) is 16.8 Å². The van der Waals surface area contributed by atoms with Crippen LogP contribution < -0.4 is 4.57 Å². The molecule has 7 aromatic rings. The highest BCUT2D eigenvalue weighted by atomic mass is 16.3. The van der Waals surface area contributed by atoms with Gasteiger partial charge in [0.25, 0.3) is 5.82 Å². The molecule has 0 saturated carbocycles. The minimum Gasteiger partial charge on any atom is -0.455 e. The molecule has 7 rings (SSSR count).